The molecule has 3 fully saturated rings. The maximum absolute atomic E-state index is 14.7. The van der Waals surface area contributed by atoms with E-state index in [1.54, 1.807) is 23.9 Å². The number of aliphatic hydroxyl groups is 1. The summed E-state index contributed by atoms with van der Waals surface area (Å²) in [5.41, 5.74) is 1.04. The van der Waals surface area contributed by atoms with Crippen LogP contribution in [0.1, 0.15) is 77.7 Å². The zero-order chi connectivity index (χ0) is 31.2. The highest BCUT2D eigenvalue weighted by molar-refractivity contribution is 8.02. The normalized spacial score (nSPS) is 28.0. The molecular formula is C35H51N3O4S. The molecule has 3 aliphatic heterocycles. The van der Waals surface area contributed by atoms with Crippen LogP contribution in [0, 0.1) is 11.8 Å². The van der Waals surface area contributed by atoms with E-state index in [1.807, 2.05) is 45.0 Å². The summed E-state index contributed by atoms with van der Waals surface area (Å²) in [6.45, 7) is 16.1. The van der Waals surface area contributed by atoms with Crippen molar-refractivity contribution in [3.05, 3.63) is 61.2 Å². The number of hydrogen-bond acceptors (Lipinski definition) is 5. The summed E-state index contributed by atoms with van der Waals surface area (Å²) in [6, 6.07) is 9.36. The average molecular weight is 610 g/mol. The maximum atomic E-state index is 14.7. The zero-order valence-electron chi connectivity index (χ0n) is 26.4. The molecular weight excluding hydrogens is 558 g/mol. The lowest BCUT2D eigenvalue weighted by atomic mass is 9.66. The van der Waals surface area contributed by atoms with Crippen molar-refractivity contribution < 1.29 is 19.5 Å². The molecule has 4 rings (SSSR count). The molecule has 3 unspecified atom stereocenters. The van der Waals surface area contributed by atoms with Gasteiger partial charge in [-0.3, -0.25) is 14.4 Å². The summed E-state index contributed by atoms with van der Waals surface area (Å²) >= 11 is 1.74. The Bertz CT molecular complexity index is 1160. The Labute approximate surface area is 262 Å². The van der Waals surface area contributed by atoms with Crippen molar-refractivity contribution in [2.45, 2.75) is 100 Å². The number of amides is 3. The number of thioether (sulfide) groups is 1. The van der Waals surface area contributed by atoms with Gasteiger partial charge in [0, 0.05) is 43.6 Å². The second-order valence-electron chi connectivity index (χ2n) is 12.8. The first kappa shape index (κ1) is 33.3. The second kappa shape index (κ2) is 14.5. The van der Waals surface area contributed by atoms with Crippen LogP contribution in [0.3, 0.4) is 0 Å². The number of rotatable bonds is 17. The fourth-order valence-corrected chi connectivity index (χ4v) is 10.2. The molecule has 8 heteroatoms. The Morgan fingerprint density at radius 1 is 1.09 bits per heavy atom. The fourth-order valence-electron chi connectivity index (χ4n) is 7.81. The quantitative estimate of drug-likeness (QED) is 0.188. The van der Waals surface area contributed by atoms with Crippen LogP contribution in [0.4, 0.5) is 0 Å². The number of unbranched alkanes of at least 4 members (excludes halogenated alkanes) is 3. The number of likely N-dealkylation sites (tertiary alicyclic amines) is 1. The lowest BCUT2D eigenvalue weighted by molar-refractivity contribution is -0.146. The third-order valence-electron chi connectivity index (χ3n) is 9.81. The Morgan fingerprint density at radius 3 is 2.44 bits per heavy atom. The highest BCUT2D eigenvalue weighted by Gasteiger charge is 2.77. The number of carbonyl (C=O) groups excluding carboxylic acids is 3. The van der Waals surface area contributed by atoms with E-state index in [1.165, 1.54) is 0 Å². The predicted octanol–water partition coefficient (Wildman–Crippen LogP) is 5.44. The first-order valence-corrected chi connectivity index (χ1v) is 17.0. The van der Waals surface area contributed by atoms with Gasteiger partial charge in [0.15, 0.2) is 0 Å². The summed E-state index contributed by atoms with van der Waals surface area (Å²) in [5, 5.41) is 9.23. The van der Waals surface area contributed by atoms with Gasteiger partial charge < -0.3 is 19.8 Å². The Morgan fingerprint density at radius 2 is 1.79 bits per heavy atom. The van der Waals surface area contributed by atoms with E-state index >= 15 is 0 Å². The van der Waals surface area contributed by atoms with Crippen LogP contribution in [-0.2, 0) is 20.9 Å². The third-order valence-corrected chi connectivity index (χ3v) is 11.8. The SMILES string of the molecule is C=CCN(Cc1ccccc1)C(=O)[C@H]1[C@H]2C(=O)N(CCCCCCO)C(C(=O)N(CC=C)C(C)CCC)C23CC[C@]1(C)S3. The van der Waals surface area contributed by atoms with Gasteiger partial charge in [0.2, 0.25) is 17.7 Å². The first-order valence-electron chi connectivity index (χ1n) is 16.2. The van der Waals surface area contributed by atoms with E-state index in [0.717, 1.165) is 56.9 Å². The molecule has 0 radical (unpaired) electrons. The van der Waals surface area contributed by atoms with Crippen LogP contribution < -0.4 is 0 Å². The predicted molar refractivity (Wildman–Crippen MR) is 174 cm³/mol. The monoisotopic (exact) mass is 609 g/mol. The molecule has 2 bridgehead atoms. The van der Waals surface area contributed by atoms with Gasteiger partial charge >= 0.3 is 0 Å². The molecule has 3 saturated heterocycles. The largest absolute Gasteiger partial charge is 0.396 e. The highest BCUT2D eigenvalue weighted by Crippen LogP contribution is 2.71. The number of hydrogen-bond donors (Lipinski definition) is 1. The summed E-state index contributed by atoms with van der Waals surface area (Å²) in [5.74, 6) is -1.11. The molecule has 43 heavy (non-hydrogen) atoms. The van der Waals surface area contributed by atoms with Gasteiger partial charge in [-0.15, -0.1) is 24.9 Å². The van der Waals surface area contributed by atoms with E-state index in [-0.39, 0.29) is 30.4 Å². The van der Waals surface area contributed by atoms with Crippen LogP contribution in [0.5, 0.6) is 0 Å². The first-order chi connectivity index (χ1) is 20.7. The molecule has 3 heterocycles. The van der Waals surface area contributed by atoms with Crippen molar-refractivity contribution in [1.82, 2.24) is 14.7 Å². The zero-order valence-corrected chi connectivity index (χ0v) is 27.2. The molecule has 1 spiro atoms. The van der Waals surface area contributed by atoms with Crippen molar-refractivity contribution in [3.63, 3.8) is 0 Å². The molecule has 3 amide bonds. The molecule has 0 saturated carbocycles. The van der Waals surface area contributed by atoms with E-state index < -0.39 is 27.4 Å². The fraction of sp³-hybridized carbons (Fsp3) is 0.629. The molecule has 0 aliphatic carbocycles. The topological polar surface area (TPSA) is 81.2 Å². The molecule has 7 nitrogen and oxygen atoms in total. The van der Waals surface area contributed by atoms with Crippen molar-refractivity contribution in [2.24, 2.45) is 11.8 Å². The summed E-state index contributed by atoms with van der Waals surface area (Å²) in [7, 11) is 0. The molecule has 1 aromatic carbocycles. The second-order valence-corrected chi connectivity index (χ2v) is 14.7. The van der Waals surface area contributed by atoms with Gasteiger partial charge in [-0.1, -0.05) is 68.7 Å². The van der Waals surface area contributed by atoms with Crippen molar-refractivity contribution >= 4 is 29.5 Å². The number of fused-ring (bicyclic) bond motifs is 1. The molecule has 3 aliphatic rings. The van der Waals surface area contributed by atoms with Gasteiger partial charge in [0.1, 0.15) is 6.04 Å². The van der Waals surface area contributed by atoms with Crippen molar-refractivity contribution in [1.29, 1.82) is 0 Å². The van der Waals surface area contributed by atoms with Gasteiger partial charge in [0.25, 0.3) is 0 Å². The van der Waals surface area contributed by atoms with E-state index in [2.05, 4.69) is 33.9 Å². The summed E-state index contributed by atoms with van der Waals surface area (Å²) in [6.07, 6.45) is 10.2. The third kappa shape index (κ3) is 6.46. The van der Waals surface area contributed by atoms with Gasteiger partial charge in [0.05, 0.1) is 16.6 Å². The number of nitrogens with zero attached hydrogens (tertiary/aromatic N) is 3. The lowest BCUT2D eigenvalue weighted by Crippen LogP contribution is -2.56. The van der Waals surface area contributed by atoms with Gasteiger partial charge in [-0.25, -0.2) is 0 Å². The highest BCUT2D eigenvalue weighted by atomic mass is 32.2. The summed E-state index contributed by atoms with van der Waals surface area (Å²) in [4.78, 5) is 49.3. The standard InChI is InChI=1S/C35H51N3O4S/c1-6-16-26(4)37(22-8-3)33(42)30-35-20-19-34(5,43-35)28(29(35)32(41)38(30)23-14-9-10-15-24-39)31(40)36(21-7-2)25-27-17-12-11-13-18-27/h7-8,11-13,17-18,26,28-30,39H,2-3,6,9-10,14-16,19-25H2,1,4-5H3/t26?,28-,29+,30?,34+,35?/m1/s1. The molecule has 1 aromatic rings. The number of carbonyl (C=O) groups is 3. The van der Waals surface area contributed by atoms with Crippen LogP contribution in [-0.4, -0.2) is 85.3 Å². The smallest absolute Gasteiger partial charge is 0.247 e. The Hall–Kier alpha value is -2.58. The minimum absolute atomic E-state index is 0.0101. The van der Waals surface area contributed by atoms with Gasteiger partial charge in [-0.2, -0.15) is 0 Å². The van der Waals surface area contributed by atoms with Gasteiger partial charge in [-0.05, 0) is 51.5 Å². The van der Waals surface area contributed by atoms with Crippen LogP contribution >= 0.6 is 11.8 Å². The maximum Gasteiger partial charge on any atom is 0.247 e. The Balaban J connectivity index is 1.71. The average Bonchev–Trinajstić information content (AvgIpc) is 3.56. The lowest BCUT2D eigenvalue weighted by Gasteiger charge is -2.39. The molecule has 0 aromatic heterocycles. The minimum atomic E-state index is -0.633. The number of aliphatic hydroxyl groups excluding tert-OH is 1. The van der Waals surface area contributed by atoms with Crippen LogP contribution in [0.25, 0.3) is 0 Å². The summed E-state index contributed by atoms with van der Waals surface area (Å²) < 4.78 is -1.05. The molecule has 1 N–H and O–H groups in total. The number of benzene rings is 1. The minimum Gasteiger partial charge on any atom is -0.396 e. The van der Waals surface area contributed by atoms with E-state index in [4.69, 9.17) is 0 Å². The van der Waals surface area contributed by atoms with Crippen molar-refractivity contribution in [3.8, 4) is 0 Å². The van der Waals surface area contributed by atoms with Crippen LogP contribution in [0.2, 0.25) is 0 Å². The van der Waals surface area contributed by atoms with Crippen molar-refractivity contribution in [2.75, 3.05) is 26.2 Å². The van der Waals surface area contributed by atoms with Crippen LogP contribution in [0.15, 0.2) is 55.6 Å². The molecule has 236 valence electrons. The van der Waals surface area contributed by atoms with E-state index in [0.29, 0.717) is 26.2 Å². The Kier molecular flexibility index (Phi) is 11.2. The van der Waals surface area contributed by atoms with E-state index in [9.17, 15) is 19.5 Å². The molecule has 6 atom stereocenters.